The minimum Gasteiger partial charge on any atom is -0.380 e. The van der Waals surface area contributed by atoms with Crippen molar-refractivity contribution in [2.75, 3.05) is 33.3 Å². The Hall–Kier alpha value is -0.120. The molecule has 2 rings (SSSR count). The molecule has 0 bridgehead atoms. The van der Waals surface area contributed by atoms with E-state index in [2.05, 4.69) is 17.1 Å². The number of nitrogens with zero attached hydrogens (tertiary/aromatic N) is 1. The van der Waals surface area contributed by atoms with Gasteiger partial charge in [0.2, 0.25) is 0 Å². The molecule has 0 aromatic carbocycles. The molecule has 2 aliphatic heterocycles. The third-order valence-corrected chi connectivity index (χ3v) is 3.92. The maximum atomic E-state index is 5.54. The summed E-state index contributed by atoms with van der Waals surface area (Å²) in [6.07, 6.45) is 4.43. The molecule has 3 unspecified atom stereocenters. The Morgan fingerprint density at radius 2 is 2.27 bits per heavy atom. The number of ether oxygens (including phenoxy) is 1. The molecule has 2 heterocycles. The van der Waals surface area contributed by atoms with Crippen LogP contribution in [0.4, 0.5) is 0 Å². The van der Waals surface area contributed by atoms with E-state index in [0.29, 0.717) is 6.10 Å². The number of methoxy groups -OCH3 is 1. The second kappa shape index (κ2) is 5.28. The highest BCUT2D eigenvalue weighted by atomic mass is 16.5. The average molecular weight is 212 g/mol. The van der Waals surface area contributed by atoms with E-state index in [1.807, 2.05) is 7.11 Å². The lowest BCUT2D eigenvalue weighted by atomic mass is 9.95. The number of piperidine rings is 1. The maximum Gasteiger partial charge on any atom is 0.0724 e. The van der Waals surface area contributed by atoms with Gasteiger partial charge in [-0.05, 0) is 38.3 Å². The van der Waals surface area contributed by atoms with Gasteiger partial charge < -0.3 is 10.1 Å². The van der Waals surface area contributed by atoms with Crippen LogP contribution in [0.5, 0.6) is 0 Å². The fraction of sp³-hybridized carbons (Fsp3) is 1.00. The van der Waals surface area contributed by atoms with E-state index < -0.39 is 0 Å². The first-order valence-corrected chi connectivity index (χ1v) is 6.28. The number of hydrogen-bond acceptors (Lipinski definition) is 3. The van der Waals surface area contributed by atoms with Crippen LogP contribution in [0.1, 0.15) is 26.2 Å². The van der Waals surface area contributed by atoms with Gasteiger partial charge in [0.25, 0.3) is 0 Å². The van der Waals surface area contributed by atoms with Gasteiger partial charge >= 0.3 is 0 Å². The molecule has 2 saturated heterocycles. The Kier molecular flexibility index (Phi) is 4.00. The van der Waals surface area contributed by atoms with Crippen LogP contribution in [-0.2, 0) is 4.74 Å². The van der Waals surface area contributed by atoms with Crippen molar-refractivity contribution in [3.05, 3.63) is 0 Å². The third-order valence-electron chi connectivity index (χ3n) is 3.92. The fourth-order valence-electron chi connectivity index (χ4n) is 2.79. The van der Waals surface area contributed by atoms with E-state index in [1.165, 1.54) is 38.9 Å². The zero-order chi connectivity index (χ0) is 10.7. The predicted molar refractivity (Wildman–Crippen MR) is 62.0 cm³/mol. The number of rotatable bonds is 3. The van der Waals surface area contributed by atoms with E-state index in [9.17, 15) is 0 Å². The molecule has 0 aromatic heterocycles. The summed E-state index contributed by atoms with van der Waals surface area (Å²) in [5.41, 5.74) is 0. The molecule has 0 aromatic rings. The van der Waals surface area contributed by atoms with Gasteiger partial charge in [-0.2, -0.15) is 0 Å². The van der Waals surface area contributed by atoms with Crippen LogP contribution in [0.3, 0.4) is 0 Å². The highest BCUT2D eigenvalue weighted by Gasteiger charge is 2.27. The lowest BCUT2D eigenvalue weighted by molar-refractivity contribution is -0.00687. The normalized spacial score (nSPS) is 38.4. The van der Waals surface area contributed by atoms with Crippen LogP contribution in [0.25, 0.3) is 0 Å². The van der Waals surface area contributed by atoms with Crippen LogP contribution in [-0.4, -0.2) is 50.3 Å². The molecule has 2 fully saturated rings. The van der Waals surface area contributed by atoms with Crippen LogP contribution in [0, 0.1) is 5.92 Å². The van der Waals surface area contributed by atoms with Crippen LogP contribution in [0.2, 0.25) is 0 Å². The number of likely N-dealkylation sites (tertiary alicyclic amines) is 1. The Bertz CT molecular complexity index is 190. The minimum absolute atomic E-state index is 0.445. The molecule has 0 saturated carbocycles. The lowest BCUT2D eigenvalue weighted by Crippen LogP contribution is -2.48. The summed E-state index contributed by atoms with van der Waals surface area (Å²) >= 11 is 0. The van der Waals surface area contributed by atoms with Gasteiger partial charge in [0.05, 0.1) is 6.10 Å². The summed E-state index contributed by atoms with van der Waals surface area (Å²) in [6, 6.07) is 0.732. The van der Waals surface area contributed by atoms with Gasteiger partial charge in [-0.25, -0.2) is 0 Å². The maximum absolute atomic E-state index is 5.54. The topological polar surface area (TPSA) is 24.5 Å². The van der Waals surface area contributed by atoms with Gasteiger partial charge in [-0.15, -0.1) is 0 Å². The second-order valence-corrected chi connectivity index (χ2v) is 5.09. The minimum atomic E-state index is 0.445. The van der Waals surface area contributed by atoms with Crippen molar-refractivity contribution in [3.63, 3.8) is 0 Å². The fourth-order valence-corrected chi connectivity index (χ4v) is 2.79. The zero-order valence-electron chi connectivity index (χ0n) is 10.0. The first-order valence-electron chi connectivity index (χ1n) is 6.28. The summed E-state index contributed by atoms with van der Waals surface area (Å²) in [4.78, 5) is 2.57. The summed E-state index contributed by atoms with van der Waals surface area (Å²) in [6.45, 7) is 7.10. The Balaban J connectivity index is 1.78. The second-order valence-electron chi connectivity index (χ2n) is 5.09. The number of hydrogen-bond donors (Lipinski definition) is 1. The molecule has 88 valence electrons. The quantitative estimate of drug-likeness (QED) is 0.758. The molecule has 1 N–H and O–H groups in total. The summed E-state index contributed by atoms with van der Waals surface area (Å²) in [5, 5.41) is 3.57. The highest BCUT2D eigenvalue weighted by molar-refractivity contribution is 4.83. The van der Waals surface area contributed by atoms with E-state index in [4.69, 9.17) is 4.74 Å². The summed E-state index contributed by atoms with van der Waals surface area (Å²) < 4.78 is 5.54. The monoisotopic (exact) mass is 212 g/mol. The van der Waals surface area contributed by atoms with Gasteiger partial charge in [0, 0.05) is 26.2 Å². The molecule has 2 aliphatic rings. The molecule has 0 radical (unpaired) electrons. The predicted octanol–water partition coefficient (Wildman–Crippen LogP) is 1.10. The Morgan fingerprint density at radius 1 is 1.40 bits per heavy atom. The van der Waals surface area contributed by atoms with Gasteiger partial charge in [0.15, 0.2) is 0 Å². The molecule has 15 heavy (non-hydrogen) atoms. The first kappa shape index (κ1) is 11.4. The van der Waals surface area contributed by atoms with Crippen molar-refractivity contribution in [3.8, 4) is 0 Å². The van der Waals surface area contributed by atoms with Crippen LogP contribution < -0.4 is 5.32 Å². The van der Waals surface area contributed by atoms with E-state index >= 15 is 0 Å². The van der Waals surface area contributed by atoms with Crippen molar-refractivity contribution in [2.45, 2.75) is 38.3 Å². The lowest BCUT2D eigenvalue weighted by Gasteiger charge is -2.37. The van der Waals surface area contributed by atoms with Gasteiger partial charge in [-0.3, -0.25) is 4.90 Å². The summed E-state index contributed by atoms with van der Waals surface area (Å²) in [5.74, 6) is 0.725. The summed E-state index contributed by atoms with van der Waals surface area (Å²) in [7, 11) is 1.85. The third kappa shape index (κ3) is 2.92. The molecule has 0 spiro atoms. The number of nitrogens with one attached hydrogen (secondary N) is 1. The van der Waals surface area contributed by atoms with Crippen molar-refractivity contribution in [2.24, 2.45) is 5.92 Å². The molecule has 3 nitrogen and oxygen atoms in total. The molecular weight excluding hydrogens is 188 g/mol. The van der Waals surface area contributed by atoms with Gasteiger partial charge in [0.1, 0.15) is 0 Å². The molecule has 3 atom stereocenters. The molecule has 0 aliphatic carbocycles. The van der Waals surface area contributed by atoms with E-state index in [-0.39, 0.29) is 0 Å². The smallest absolute Gasteiger partial charge is 0.0724 e. The van der Waals surface area contributed by atoms with Crippen molar-refractivity contribution in [1.29, 1.82) is 0 Å². The Morgan fingerprint density at radius 3 is 2.93 bits per heavy atom. The van der Waals surface area contributed by atoms with Crippen molar-refractivity contribution < 1.29 is 4.74 Å². The standard InChI is InChI=1S/C12H24N2O/c1-10-5-7-14(9-12(10)15-2)8-11-4-3-6-13-11/h10-13H,3-9H2,1-2H3. The van der Waals surface area contributed by atoms with Crippen LogP contribution >= 0.6 is 0 Å². The van der Waals surface area contributed by atoms with E-state index in [1.54, 1.807) is 0 Å². The largest absolute Gasteiger partial charge is 0.380 e. The van der Waals surface area contributed by atoms with Crippen LogP contribution in [0.15, 0.2) is 0 Å². The zero-order valence-corrected chi connectivity index (χ0v) is 10.0. The molecular formula is C12H24N2O. The first-order chi connectivity index (χ1) is 7.29. The Labute approximate surface area is 93.2 Å². The van der Waals surface area contributed by atoms with Crippen molar-refractivity contribution >= 4 is 0 Å². The highest BCUT2D eigenvalue weighted by Crippen LogP contribution is 2.20. The molecule has 3 heteroatoms. The van der Waals surface area contributed by atoms with Gasteiger partial charge in [-0.1, -0.05) is 6.92 Å². The SMILES string of the molecule is COC1CN(CC2CCCN2)CCC1C. The van der Waals surface area contributed by atoms with E-state index in [0.717, 1.165) is 18.5 Å². The molecule has 0 amide bonds. The van der Waals surface area contributed by atoms with Crippen molar-refractivity contribution in [1.82, 2.24) is 10.2 Å². The average Bonchev–Trinajstić information content (AvgIpc) is 2.73.